The first-order valence-electron chi connectivity index (χ1n) is 7.37. The first-order valence-corrected chi connectivity index (χ1v) is 8.86. The Morgan fingerprint density at radius 2 is 1.83 bits per heavy atom. The average Bonchev–Trinajstić information content (AvgIpc) is 2.55. The Morgan fingerprint density at radius 1 is 1.17 bits per heavy atom. The lowest BCUT2D eigenvalue weighted by atomic mass is 10.1. The molecule has 0 radical (unpaired) electrons. The summed E-state index contributed by atoms with van der Waals surface area (Å²) in [5, 5.41) is 2.58. The second kappa shape index (κ2) is 9.85. The number of amides is 2. The Morgan fingerprint density at radius 3 is 2.42 bits per heavy atom. The first-order chi connectivity index (χ1) is 11.4. The van der Waals surface area contributed by atoms with Crippen LogP contribution in [0.25, 0.3) is 0 Å². The molecule has 1 aromatic rings. The van der Waals surface area contributed by atoms with E-state index in [1.54, 1.807) is 19.1 Å². The van der Waals surface area contributed by atoms with Gasteiger partial charge in [0.1, 0.15) is 0 Å². The van der Waals surface area contributed by atoms with Gasteiger partial charge in [-0.3, -0.25) is 10.2 Å². The number of ether oxygens (including phenoxy) is 1. The maximum Gasteiger partial charge on any atom is 0.407 e. The molecule has 0 heterocycles. The molecule has 9 nitrogen and oxygen atoms in total. The third-order valence-electron chi connectivity index (χ3n) is 3.00. The zero-order chi connectivity index (χ0) is 18.0. The van der Waals surface area contributed by atoms with E-state index in [0.29, 0.717) is 19.6 Å². The minimum absolute atomic E-state index is 0.0451. The predicted molar refractivity (Wildman–Crippen MR) is 87.3 cm³/mol. The van der Waals surface area contributed by atoms with Crippen LogP contribution in [0.3, 0.4) is 0 Å². The van der Waals surface area contributed by atoms with Crippen molar-refractivity contribution in [3.63, 3.8) is 0 Å². The Balaban J connectivity index is 2.50. The van der Waals surface area contributed by atoms with E-state index in [9.17, 15) is 18.0 Å². The van der Waals surface area contributed by atoms with Crippen LogP contribution in [-0.2, 0) is 26.0 Å². The monoisotopic (exact) mass is 358 g/mol. The summed E-state index contributed by atoms with van der Waals surface area (Å²) in [5.74, 6) is 4.46. The van der Waals surface area contributed by atoms with E-state index in [4.69, 9.17) is 10.6 Å². The summed E-state index contributed by atoms with van der Waals surface area (Å²) in [6, 6.07) is 6.25. The van der Waals surface area contributed by atoms with Crippen molar-refractivity contribution >= 4 is 22.0 Å². The highest BCUT2D eigenvalue weighted by Crippen LogP contribution is 2.10. The summed E-state index contributed by atoms with van der Waals surface area (Å²) in [6.07, 6.45) is 0.0127. The van der Waals surface area contributed by atoms with Gasteiger partial charge in [0.2, 0.25) is 15.9 Å². The van der Waals surface area contributed by atoms with E-state index < -0.39 is 22.0 Å². The number of hydrazine groups is 1. The van der Waals surface area contributed by atoms with E-state index in [0.717, 1.165) is 5.56 Å². The number of hydrogen-bond donors (Lipinski definition) is 4. The van der Waals surface area contributed by atoms with Crippen LogP contribution in [0.15, 0.2) is 29.2 Å². The summed E-state index contributed by atoms with van der Waals surface area (Å²) in [4.78, 5) is 22.2. The lowest BCUT2D eigenvalue weighted by Gasteiger charge is -2.08. The zero-order valence-electron chi connectivity index (χ0n) is 13.4. The van der Waals surface area contributed by atoms with Gasteiger partial charge in [-0.05, 0) is 31.0 Å². The van der Waals surface area contributed by atoms with Gasteiger partial charge in [0.15, 0.2) is 0 Å². The van der Waals surface area contributed by atoms with Crippen molar-refractivity contribution in [2.24, 2.45) is 5.84 Å². The van der Waals surface area contributed by atoms with E-state index in [1.165, 1.54) is 12.1 Å². The van der Waals surface area contributed by atoms with E-state index in [-0.39, 0.29) is 17.9 Å². The molecular weight excluding hydrogens is 336 g/mol. The fourth-order valence-electron chi connectivity index (χ4n) is 1.78. The number of carbonyl (C=O) groups is 2. The van der Waals surface area contributed by atoms with Gasteiger partial charge >= 0.3 is 6.09 Å². The van der Waals surface area contributed by atoms with Crippen molar-refractivity contribution < 1.29 is 22.7 Å². The molecular formula is C14H22N4O5S. The van der Waals surface area contributed by atoms with Gasteiger partial charge in [-0.2, -0.15) is 0 Å². The number of carbonyl (C=O) groups excluding carboxylic acids is 2. The topological polar surface area (TPSA) is 140 Å². The van der Waals surface area contributed by atoms with Gasteiger partial charge in [0, 0.05) is 19.5 Å². The van der Waals surface area contributed by atoms with Crippen molar-refractivity contribution in [3.8, 4) is 0 Å². The van der Waals surface area contributed by atoms with Gasteiger partial charge in [-0.25, -0.2) is 23.8 Å². The Hall–Kier alpha value is -2.17. The molecule has 0 fully saturated rings. The molecule has 1 aromatic carbocycles. The molecule has 0 bridgehead atoms. The molecule has 134 valence electrons. The molecule has 0 aliphatic carbocycles. The Kier molecular flexibility index (Phi) is 8.16. The molecule has 1 rings (SSSR count). The molecule has 24 heavy (non-hydrogen) atoms. The number of alkyl carbamates (subject to hydrolysis) is 1. The number of hydrogen-bond acceptors (Lipinski definition) is 6. The standard InChI is InChI=1S/C14H22N4O5S/c1-2-23-14(20)16-9-7-11-3-5-12(6-4-11)24(21,22)17-10-8-13(19)18-15/h3-6,17H,2,7-10,15H2,1H3,(H,16,20)(H,18,19). The molecule has 0 atom stereocenters. The molecule has 10 heteroatoms. The molecule has 0 aromatic heterocycles. The van der Waals surface area contributed by atoms with Crippen molar-refractivity contribution in [3.05, 3.63) is 29.8 Å². The maximum absolute atomic E-state index is 12.0. The van der Waals surface area contributed by atoms with Crippen molar-refractivity contribution in [1.29, 1.82) is 0 Å². The predicted octanol–water partition coefficient (Wildman–Crippen LogP) is -0.366. The molecule has 0 saturated carbocycles. The summed E-state index contributed by atoms with van der Waals surface area (Å²) in [7, 11) is -3.68. The van der Waals surface area contributed by atoms with Gasteiger partial charge in [0.25, 0.3) is 0 Å². The van der Waals surface area contributed by atoms with E-state index >= 15 is 0 Å². The van der Waals surface area contributed by atoms with Crippen LogP contribution in [-0.4, -0.2) is 40.1 Å². The Bertz CT molecular complexity index is 646. The van der Waals surface area contributed by atoms with Crippen LogP contribution >= 0.6 is 0 Å². The SMILES string of the molecule is CCOC(=O)NCCc1ccc(S(=O)(=O)NCCC(=O)NN)cc1. The summed E-state index contributed by atoms with van der Waals surface area (Å²) < 4.78 is 31.1. The van der Waals surface area contributed by atoms with Crippen LogP contribution in [0.4, 0.5) is 4.79 Å². The molecule has 0 aliphatic heterocycles. The smallest absolute Gasteiger partial charge is 0.407 e. The maximum atomic E-state index is 12.0. The second-order valence-electron chi connectivity index (χ2n) is 4.76. The first kappa shape index (κ1) is 19.9. The molecule has 0 aliphatic rings. The number of nitrogens with one attached hydrogen (secondary N) is 3. The second-order valence-corrected chi connectivity index (χ2v) is 6.52. The number of nitrogens with two attached hydrogens (primary N) is 1. The van der Waals surface area contributed by atoms with Gasteiger partial charge < -0.3 is 10.1 Å². The zero-order valence-corrected chi connectivity index (χ0v) is 14.2. The lowest BCUT2D eigenvalue weighted by Crippen LogP contribution is -2.34. The minimum atomic E-state index is -3.68. The van der Waals surface area contributed by atoms with E-state index in [2.05, 4.69) is 10.0 Å². The van der Waals surface area contributed by atoms with Gasteiger partial charge in [-0.15, -0.1) is 0 Å². The molecule has 5 N–H and O–H groups in total. The fraction of sp³-hybridized carbons (Fsp3) is 0.429. The molecule has 0 spiro atoms. The normalized spacial score (nSPS) is 10.9. The largest absolute Gasteiger partial charge is 0.450 e. The summed E-state index contributed by atoms with van der Waals surface area (Å²) >= 11 is 0. The number of benzene rings is 1. The minimum Gasteiger partial charge on any atom is -0.450 e. The number of rotatable bonds is 9. The van der Waals surface area contributed by atoms with Crippen molar-refractivity contribution in [2.45, 2.75) is 24.7 Å². The number of sulfonamides is 1. The summed E-state index contributed by atoms with van der Waals surface area (Å²) in [6.45, 7) is 2.36. The third kappa shape index (κ3) is 6.94. The molecule has 0 unspecified atom stereocenters. The molecule has 2 amide bonds. The van der Waals surface area contributed by atoms with Gasteiger partial charge in [-0.1, -0.05) is 12.1 Å². The van der Waals surface area contributed by atoms with Crippen LogP contribution < -0.4 is 21.3 Å². The van der Waals surface area contributed by atoms with Crippen LogP contribution in [0.1, 0.15) is 18.9 Å². The van der Waals surface area contributed by atoms with Crippen molar-refractivity contribution in [1.82, 2.24) is 15.5 Å². The van der Waals surface area contributed by atoms with Crippen LogP contribution in [0.5, 0.6) is 0 Å². The molecule has 0 saturated heterocycles. The van der Waals surface area contributed by atoms with Crippen LogP contribution in [0, 0.1) is 0 Å². The van der Waals surface area contributed by atoms with Gasteiger partial charge in [0.05, 0.1) is 11.5 Å². The van der Waals surface area contributed by atoms with Crippen LogP contribution in [0.2, 0.25) is 0 Å². The fourth-order valence-corrected chi connectivity index (χ4v) is 2.81. The lowest BCUT2D eigenvalue weighted by molar-refractivity contribution is -0.121. The van der Waals surface area contributed by atoms with Crippen molar-refractivity contribution in [2.75, 3.05) is 19.7 Å². The highest BCUT2D eigenvalue weighted by Gasteiger charge is 2.13. The Labute approximate surface area is 141 Å². The quantitative estimate of drug-likeness (QED) is 0.270. The highest BCUT2D eigenvalue weighted by atomic mass is 32.2. The third-order valence-corrected chi connectivity index (χ3v) is 4.47. The average molecular weight is 358 g/mol. The van der Waals surface area contributed by atoms with E-state index in [1.807, 2.05) is 5.43 Å². The summed E-state index contributed by atoms with van der Waals surface area (Å²) in [5.41, 5.74) is 2.79. The highest BCUT2D eigenvalue weighted by molar-refractivity contribution is 7.89.